The first-order chi connectivity index (χ1) is 12.5. The number of rotatable bonds is 5. The number of amides is 1. The fraction of sp³-hybridized carbons (Fsp3) is 0.316. The second kappa shape index (κ2) is 7.77. The van der Waals surface area contributed by atoms with Gasteiger partial charge in [0.25, 0.3) is 0 Å². The Morgan fingerprint density at radius 3 is 2.77 bits per heavy atom. The van der Waals surface area contributed by atoms with Crippen molar-refractivity contribution in [3.8, 4) is 22.9 Å². The summed E-state index contributed by atoms with van der Waals surface area (Å²) in [4.78, 5) is 18.1. The quantitative estimate of drug-likeness (QED) is 0.814. The van der Waals surface area contributed by atoms with Gasteiger partial charge in [0.2, 0.25) is 5.91 Å². The number of fused-ring (bicyclic) bond motifs is 1. The molecule has 2 heterocycles. The van der Waals surface area contributed by atoms with Gasteiger partial charge in [0.1, 0.15) is 16.8 Å². The molecule has 0 atom stereocenters. The summed E-state index contributed by atoms with van der Waals surface area (Å²) in [5.41, 5.74) is 9.66. The van der Waals surface area contributed by atoms with Crippen molar-refractivity contribution in [2.24, 2.45) is 5.73 Å². The van der Waals surface area contributed by atoms with E-state index in [0.29, 0.717) is 10.6 Å². The summed E-state index contributed by atoms with van der Waals surface area (Å²) in [5.74, 6) is 0.433. The Bertz CT molecular complexity index is 875. The number of hydrogen-bond donors (Lipinski definition) is 1. The average Bonchev–Trinajstić information content (AvgIpc) is 2.65. The number of pyridine rings is 1. The zero-order valence-electron chi connectivity index (χ0n) is 14.8. The molecule has 1 aromatic carbocycles. The van der Waals surface area contributed by atoms with E-state index in [4.69, 9.17) is 15.5 Å². The van der Waals surface area contributed by atoms with Gasteiger partial charge >= 0.3 is 0 Å². The number of methoxy groups -OCH3 is 1. The van der Waals surface area contributed by atoms with Gasteiger partial charge in [-0.15, -0.1) is 0 Å². The molecule has 1 aromatic heterocycles. The van der Waals surface area contributed by atoms with E-state index >= 15 is 0 Å². The Hall–Kier alpha value is -2.56. The van der Waals surface area contributed by atoms with Crippen LogP contribution in [0.25, 0.3) is 11.1 Å². The molecule has 3 rings (SSSR count). The SMILES string of the molecule is COc1ccc(-c2c(C#N)c(SCC(N)=O)nc3c2CN(C)CC3)cc1. The van der Waals surface area contributed by atoms with Gasteiger partial charge in [0.15, 0.2) is 0 Å². The second-order valence-corrected chi connectivity index (χ2v) is 7.14. The van der Waals surface area contributed by atoms with Crippen LogP contribution in [0.5, 0.6) is 5.75 Å². The van der Waals surface area contributed by atoms with E-state index in [1.54, 1.807) is 7.11 Å². The number of carbonyl (C=O) groups is 1. The number of carbonyl (C=O) groups excluding carboxylic acids is 1. The molecule has 1 amide bonds. The number of nitrogens with two attached hydrogens (primary N) is 1. The van der Waals surface area contributed by atoms with Crippen molar-refractivity contribution in [2.45, 2.75) is 18.0 Å². The number of nitrogens with zero attached hydrogens (tertiary/aromatic N) is 3. The number of ether oxygens (including phenoxy) is 1. The van der Waals surface area contributed by atoms with E-state index in [0.717, 1.165) is 47.6 Å². The minimum Gasteiger partial charge on any atom is -0.497 e. The predicted octanol–water partition coefficient (Wildman–Crippen LogP) is 2.19. The highest BCUT2D eigenvalue weighted by Crippen LogP contribution is 2.37. The lowest BCUT2D eigenvalue weighted by Crippen LogP contribution is -2.28. The summed E-state index contributed by atoms with van der Waals surface area (Å²) >= 11 is 1.22. The Kier molecular flexibility index (Phi) is 5.45. The molecule has 0 saturated carbocycles. The van der Waals surface area contributed by atoms with Crippen LogP contribution in [-0.4, -0.2) is 42.2 Å². The molecule has 0 aliphatic carbocycles. The fourth-order valence-electron chi connectivity index (χ4n) is 3.09. The molecule has 0 bridgehead atoms. The van der Waals surface area contributed by atoms with Crippen molar-refractivity contribution in [3.05, 3.63) is 41.1 Å². The summed E-state index contributed by atoms with van der Waals surface area (Å²) in [5, 5.41) is 10.4. The summed E-state index contributed by atoms with van der Waals surface area (Å²) < 4.78 is 5.24. The second-order valence-electron chi connectivity index (χ2n) is 6.18. The first-order valence-corrected chi connectivity index (χ1v) is 9.22. The number of thioether (sulfide) groups is 1. The maximum absolute atomic E-state index is 11.2. The highest BCUT2D eigenvalue weighted by Gasteiger charge is 2.25. The smallest absolute Gasteiger partial charge is 0.227 e. The molecule has 0 fully saturated rings. The van der Waals surface area contributed by atoms with Gasteiger partial charge in [-0.2, -0.15) is 5.26 Å². The Morgan fingerprint density at radius 1 is 1.42 bits per heavy atom. The van der Waals surface area contributed by atoms with Crippen LogP contribution in [0.2, 0.25) is 0 Å². The van der Waals surface area contributed by atoms with Crippen LogP contribution in [0.3, 0.4) is 0 Å². The van der Waals surface area contributed by atoms with Crippen LogP contribution >= 0.6 is 11.8 Å². The third-order valence-corrected chi connectivity index (χ3v) is 5.35. The van der Waals surface area contributed by atoms with Gasteiger partial charge in [-0.25, -0.2) is 4.98 Å². The van der Waals surface area contributed by atoms with Gasteiger partial charge in [-0.05, 0) is 30.3 Å². The molecule has 6 nitrogen and oxygen atoms in total. The summed E-state index contributed by atoms with van der Waals surface area (Å²) in [7, 11) is 3.68. The van der Waals surface area contributed by atoms with Crippen molar-refractivity contribution < 1.29 is 9.53 Å². The van der Waals surface area contributed by atoms with Gasteiger partial charge in [-0.1, -0.05) is 23.9 Å². The molecule has 26 heavy (non-hydrogen) atoms. The normalized spacial score (nSPS) is 13.7. The molecular weight excluding hydrogens is 348 g/mol. The fourth-order valence-corrected chi connectivity index (χ4v) is 3.84. The Balaban J connectivity index is 2.19. The van der Waals surface area contributed by atoms with Gasteiger partial charge in [-0.3, -0.25) is 4.79 Å². The van der Waals surface area contributed by atoms with Gasteiger partial charge in [0, 0.05) is 30.8 Å². The van der Waals surface area contributed by atoms with Crippen molar-refractivity contribution in [1.29, 1.82) is 5.26 Å². The van der Waals surface area contributed by atoms with Crippen molar-refractivity contribution in [2.75, 3.05) is 26.5 Å². The molecule has 7 heteroatoms. The maximum atomic E-state index is 11.2. The van der Waals surface area contributed by atoms with Crippen LogP contribution in [0.4, 0.5) is 0 Å². The summed E-state index contributed by atoms with van der Waals surface area (Å²) in [6.45, 7) is 1.65. The molecule has 2 aromatic rings. The Morgan fingerprint density at radius 2 is 2.15 bits per heavy atom. The first kappa shape index (κ1) is 18.2. The molecule has 0 radical (unpaired) electrons. The number of primary amides is 1. The average molecular weight is 368 g/mol. The molecule has 2 N–H and O–H groups in total. The topological polar surface area (TPSA) is 92.2 Å². The van der Waals surface area contributed by atoms with E-state index < -0.39 is 5.91 Å². The minimum atomic E-state index is -0.427. The lowest BCUT2D eigenvalue weighted by molar-refractivity contribution is -0.115. The van der Waals surface area contributed by atoms with E-state index in [1.807, 2.05) is 24.3 Å². The molecular formula is C19H20N4O2S. The maximum Gasteiger partial charge on any atom is 0.227 e. The summed E-state index contributed by atoms with van der Waals surface area (Å²) in [6, 6.07) is 9.96. The zero-order valence-corrected chi connectivity index (χ0v) is 15.6. The van der Waals surface area contributed by atoms with E-state index in [1.165, 1.54) is 11.8 Å². The van der Waals surface area contributed by atoms with Crippen LogP contribution in [-0.2, 0) is 17.8 Å². The minimum absolute atomic E-state index is 0.0996. The van der Waals surface area contributed by atoms with Crippen molar-refractivity contribution in [1.82, 2.24) is 9.88 Å². The predicted molar refractivity (Wildman–Crippen MR) is 101 cm³/mol. The highest BCUT2D eigenvalue weighted by atomic mass is 32.2. The zero-order chi connectivity index (χ0) is 18.7. The highest BCUT2D eigenvalue weighted by molar-refractivity contribution is 8.00. The van der Waals surface area contributed by atoms with E-state index in [2.05, 4.69) is 18.0 Å². The number of benzene rings is 1. The molecule has 0 unspecified atom stereocenters. The summed E-state index contributed by atoms with van der Waals surface area (Å²) in [6.07, 6.45) is 0.810. The monoisotopic (exact) mass is 368 g/mol. The largest absolute Gasteiger partial charge is 0.497 e. The lowest BCUT2D eigenvalue weighted by Gasteiger charge is -2.28. The standard InChI is InChI=1S/C19H20N4O2S/c1-23-8-7-16-15(10-23)18(12-3-5-13(25-2)6-4-12)14(9-20)19(22-16)26-11-17(21)24/h3-6H,7-8,10-11H2,1-2H3,(H2,21,24). The van der Waals surface area contributed by atoms with E-state index in [-0.39, 0.29) is 5.75 Å². The van der Waals surface area contributed by atoms with Crippen LogP contribution in [0, 0.1) is 11.3 Å². The van der Waals surface area contributed by atoms with Gasteiger partial charge < -0.3 is 15.4 Å². The lowest BCUT2D eigenvalue weighted by atomic mass is 9.92. The van der Waals surface area contributed by atoms with Crippen molar-refractivity contribution >= 4 is 17.7 Å². The van der Waals surface area contributed by atoms with E-state index in [9.17, 15) is 10.1 Å². The van der Waals surface area contributed by atoms with Crippen LogP contribution in [0.15, 0.2) is 29.3 Å². The number of aromatic nitrogens is 1. The van der Waals surface area contributed by atoms with Gasteiger partial charge in [0.05, 0.1) is 18.4 Å². The number of likely N-dealkylation sites (N-methyl/N-ethyl adjacent to an activating group) is 1. The molecule has 0 saturated heterocycles. The molecule has 1 aliphatic rings. The third kappa shape index (κ3) is 3.66. The molecule has 0 spiro atoms. The molecule has 134 valence electrons. The number of nitriles is 1. The van der Waals surface area contributed by atoms with Crippen molar-refractivity contribution in [3.63, 3.8) is 0 Å². The Labute approximate surface area is 157 Å². The van der Waals surface area contributed by atoms with Crippen LogP contribution in [0.1, 0.15) is 16.8 Å². The first-order valence-electron chi connectivity index (χ1n) is 8.23. The molecule has 1 aliphatic heterocycles. The van der Waals surface area contributed by atoms with Crippen LogP contribution < -0.4 is 10.5 Å². The third-order valence-electron chi connectivity index (χ3n) is 4.35. The number of hydrogen-bond acceptors (Lipinski definition) is 6.